The number of benzene rings is 5. The highest BCUT2D eigenvalue weighted by Gasteiger charge is 2.36. The van der Waals surface area contributed by atoms with Gasteiger partial charge in [0.2, 0.25) is 0 Å². The molecule has 0 aliphatic rings. The minimum Gasteiger partial charge on any atom is -0.470 e. The fourth-order valence-corrected chi connectivity index (χ4v) is 11.7. The Morgan fingerprint density at radius 1 is 0.348 bits per heavy atom. The molecular formula is C99H108N10O23. The van der Waals surface area contributed by atoms with Gasteiger partial charge in [0.1, 0.15) is 89.4 Å². The van der Waals surface area contributed by atoms with Gasteiger partial charge in [-0.15, -0.1) is 0 Å². The molecule has 0 bridgehead atoms. The number of hydrogen-bond donors (Lipinski definition) is 2. The molecule has 0 spiro atoms. The maximum Gasteiger partial charge on any atom is 0.348 e. The highest BCUT2D eigenvalue weighted by Crippen LogP contribution is 2.28. The first-order chi connectivity index (χ1) is 63.5. The fraction of sp³-hybridized carbons (Fsp3) is 0.313. The van der Waals surface area contributed by atoms with Crippen LogP contribution in [0.1, 0.15) is 75.3 Å². The molecule has 0 aliphatic heterocycles. The van der Waals surface area contributed by atoms with E-state index in [1.807, 2.05) is 41.3 Å². The first kappa shape index (κ1) is 108. The Labute approximate surface area is 768 Å². The molecule has 5 aromatic rings. The van der Waals surface area contributed by atoms with Gasteiger partial charge in [-0.1, -0.05) is 100 Å². The molecule has 0 saturated heterocycles. The minimum atomic E-state index is -1.60. The smallest absolute Gasteiger partial charge is 0.348 e. The lowest BCUT2D eigenvalue weighted by atomic mass is 9.92. The molecule has 33 nitrogen and oxygen atoms in total. The molecule has 5 rings (SSSR count). The summed E-state index contributed by atoms with van der Waals surface area (Å²) >= 11 is 0. The number of allylic oxidation sites excluding steroid dienone is 1. The molecular weight excluding hydrogens is 1700 g/mol. The Balaban J connectivity index is 0.000000705. The molecule has 33 heteroatoms. The van der Waals surface area contributed by atoms with Crippen molar-refractivity contribution in [2.24, 2.45) is 10.8 Å². The predicted octanol–water partition coefficient (Wildman–Crippen LogP) is 12.1. The van der Waals surface area contributed by atoms with E-state index >= 15 is 0 Å². The van der Waals surface area contributed by atoms with Gasteiger partial charge in [0.25, 0.3) is 17.1 Å². The summed E-state index contributed by atoms with van der Waals surface area (Å²) in [5, 5.41) is 39.7. The standard InChI is InChI=1S/C66H68N6O17.C33H40N4O6/c1-10-55(73)17-16-30-70(31-36-82-58(74)11-2)52-26-20-49(21-27-52)42-56(68-8)64(80)88-46-66(7,45-87-63(79)51(44-67)41-48-18-24-53(25-19-48)71(32-37-83-59(75)12-3)33-38-84-60(76)13-4)47-89-65(81)57(69-9)43-50-22-28-54(29-23-50)72(34-39-85-61(77)14-5)35-40-86-62(78)15-6;1-6-36(7-2)28-14-10-25(11-15-28)18-27(20-34)31(40)42-23-33(21-38,22-39)24-43-32(41)30(35-5)19-26-12-16-29(17-13-26)37(8-3)9-4/h10-15,18-29,41-43H,1-6,16-17,30-40,45-47H2,7H3;10-19,38-39H,6-9,21-24H2,1-4H3/b51-41+,56-42-,57-43-;27-18+,30-19-. The third-order valence-corrected chi connectivity index (χ3v) is 19.3. The number of hydrogen-bond acceptors (Lipinski definition) is 30. The molecule has 0 aromatic heterocycles. The largest absolute Gasteiger partial charge is 0.470 e. The van der Waals surface area contributed by atoms with Gasteiger partial charge in [-0.3, -0.25) is 19.2 Å². The van der Waals surface area contributed by atoms with E-state index in [9.17, 15) is 73.5 Å². The van der Waals surface area contributed by atoms with Crippen molar-refractivity contribution in [1.29, 1.82) is 10.5 Å². The summed E-state index contributed by atoms with van der Waals surface area (Å²) in [6.07, 6.45) is 13.6. The van der Waals surface area contributed by atoms with Crippen LogP contribution in [0.2, 0.25) is 0 Å². The Morgan fingerprint density at radius 2 is 0.583 bits per heavy atom. The zero-order valence-corrected chi connectivity index (χ0v) is 74.6. The van der Waals surface area contributed by atoms with Gasteiger partial charge >= 0.3 is 59.7 Å². The van der Waals surface area contributed by atoms with E-state index in [0.717, 1.165) is 67.9 Å². The van der Waals surface area contributed by atoms with Crippen LogP contribution in [0.3, 0.4) is 0 Å². The normalized spacial score (nSPS) is 11.6. The van der Waals surface area contributed by atoms with E-state index in [1.54, 1.807) is 107 Å². The van der Waals surface area contributed by atoms with Gasteiger partial charge in [-0.2, -0.15) is 10.5 Å². The number of carbonyl (C=O) groups is 11. The monoisotopic (exact) mass is 1800 g/mol. The third kappa shape index (κ3) is 37.9. The Hall–Kier alpha value is -16.0. The lowest BCUT2D eigenvalue weighted by molar-refractivity contribution is -0.156. The number of rotatable bonds is 56. The van der Waals surface area contributed by atoms with Crippen molar-refractivity contribution in [3.63, 3.8) is 0 Å². The van der Waals surface area contributed by atoms with E-state index in [0.29, 0.717) is 57.8 Å². The van der Waals surface area contributed by atoms with Gasteiger partial charge in [0, 0.05) is 98.0 Å². The Morgan fingerprint density at radius 3 is 0.818 bits per heavy atom. The SMILES string of the molecule is [C-]#[N+]/C(=C\c1ccc(N(CC)CC)cc1)C(=O)OCC(CO)(CO)COC(=O)/C(C#N)=C/c1ccc(N(CC)CC)cc1.[C-]#[N+]/C(=C\c1ccc(N(CCCC(=O)C=C)CCOC(=O)C=C)cc1)C(=O)OCC(C)(COC(=O)/C(=C/c1ccc(N(CCOC(=O)C=C)CCOC(=O)C=C)cc1)[N+]#[C-])COC(=O)/C(C#N)=C/c1ccc(N(CCOC(=O)C=C)CCOC(=O)C=C)cc1. The maximum atomic E-state index is 13.7. The number of ketones is 1. The first-order valence-corrected chi connectivity index (χ1v) is 41.5. The quantitative estimate of drug-likeness (QED) is 0.0120. The third-order valence-electron chi connectivity index (χ3n) is 19.3. The number of anilines is 5. The molecule has 0 radical (unpaired) electrons. The van der Waals surface area contributed by atoms with Crippen LogP contribution in [-0.4, -0.2) is 220 Å². The lowest BCUT2D eigenvalue weighted by Crippen LogP contribution is -2.41. The summed E-state index contributed by atoms with van der Waals surface area (Å²) in [6, 6.07) is 38.0. The van der Waals surface area contributed by atoms with Gasteiger partial charge in [-0.25, -0.2) is 48.1 Å². The highest BCUT2D eigenvalue weighted by atomic mass is 16.6. The second-order valence-electron chi connectivity index (χ2n) is 28.7. The lowest BCUT2D eigenvalue weighted by Gasteiger charge is -2.28. The molecule has 0 amide bonds. The Bertz CT molecular complexity index is 4700. The summed E-state index contributed by atoms with van der Waals surface area (Å²) < 4.78 is 53.0. The van der Waals surface area contributed by atoms with Crippen LogP contribution >= 0.6 is 0 Å². The maximum absolute atomic E-state index is 13.7. The molecule has 5 aromatic carbocycles. The van der Waals surface area contributed by atoms with Crippen molar-refractivity contribution in [2.75, 3.05) is 169 Å². The second kappa shape index (κ2) is 59.1. The molecule has 1 unspecified atom stereocenters. The van der Waals surface area contributed by atoms with Crippen molar-refractivity contribution in [2.45, 2.75) is 47.5 Å². The van der Waals surface area contributed by atoms with E-state index in [2.05, 4.69) is 91.5 Å². The van der Waals surface area contributed by atoms with E-state index in [-0.39, 0.29) is 89.2 Å². The number of aliphatic hydroxyl groups excluding tert-OH is 2. The molecule has 0 fully saturated rings. The van der Waals surface area contributed by atoms with E-state index in [1.165, 1.54) is 43.4 Å². The molecule has 2 N–H and O–H groups in total. The zero-order chi connectivity index (χ0) is 97.4. The molecule has 0 saturated carbocycles. The summed E-state index contributed by atoms with van der Waals surface area (Å²) in [5.41, 5.74) is 1.17. The topological polar surface area (TPSA) is 397 Å². The number of nitrogens with zero attached hydrogens (tertiary/aromatic N) is 10. The average Bonchev–Trinajstić information content (AvgIpc) is 0.858. The van der Waals surface area contributed by atoms with Crippen molar-refractivity contribution in [3.8, 4) is 12.1 Å². The van der Waals surface area contributed by atoms with Crippen LogP contribution in [0.4, 0.5) is 28.4 Å². The van der Waals surface area contributed by atoms with Crippen LogP contribution in [0.25, 0.3) is 44.9 Å². The average molecular weight is 1810 g/mol. The van der Waals surface area contributed by atoms with Crippen molar-refractivity contribution < 1.29 is 110 Å². The van der Waals surface area contributed by atoms with Gasteiger partial charge in [0.15, 0.2) is 5.78 Å². The minimum absolute atomic E-state index is 0.0204. The van der Waals surface area contributed by atoms with E-state index in [4.69, 9.17) is 67.1 Å². The van der Waals surface area contributed by atoms with Crippen LogP contribution in [0.15, 0.2) is 225 Å². The predicted molar refractivity (Wildman–Crippen MR) is 497 cm³/mol. The summed E-state index contributed by atoms with van der Waals surface area (Å²) in [4.78, 5) is 156. The number of nitriles is 2. The highest BCUT2D eigenvalue weighted by molar-refractivity contribution is 6.00. The van der Waals surface area contributed by atoms with Crippen molar-refractivity contribution >= 4 is 124 Å². The molecule has 1 atom stereocenters. The number of ether oxygens (including phenoxy) is 10. The van der Waals surface area contributed by atoms with Gasteiger partial charge in [0.05, 0.1) is 76.5 Å². The van der Waals surface area contributed by atoms with Crippen LogP contribution < -0.4 is 24.5 Å². The van der Waals surface area contributed by atoms with E-state index < -0.39 is 134 Å². The number of carbonyl (C=O) groups excluding carboxylic acids is 11. The zero-order valence-electron chi connectivity index (χ0n) is 74.6. The summed E-state index contributed by atoms with van der Waals surface area (Å²) in [7, 11) is 0. The molecule has 0 heterocycles. The Kier molecular flexibility index (Phi) is 48.5. The molecule has 132 heavy (non-hydrogen) atoms. The van der Waals surface area contributed by atoms with Crippen molar-refractivity contribution in [1.82, 2.24) is 0 Å². The molecule has 0 aliphatic carbocycles. The summed E-state index contributed by atoms with van der Waals surface area (Å²) in [6.45, 7) is 53.5. The van der Waals surface area contributed by atoms with Gasteiger partial charge < -0.3 is 82.1 Å². The second-order valence-corrected chi connectivity index (χ2v) is 28.7. The number of aliphatic hydroxyl groups is 2. The van der Waals surface area contributed by atoms with Crippen LogP contribution in [-0.2, 0) is 100 Å². The number of esters is 10. The van der Waals surface area contributed by atoms with Crippen molar-refractivity contribution in [3.05, 3.63) is 288 Å². The van der Waals surface area contributed by atoms with Crippen LogP contribution in [0, 0.1) is 53.2 Å². The van der Waals surface area contributed by atoms with Crippen LogP contribution in [0.5, 0.6) is 0 Å². The first-order valence-electron chi connectivity index (χ1n) is 41.5. The molecule has 692 valence electrons. The van der Waals surface area contributed by atoms with Gasteiger partial charge in [-0.05, 0) is 166 Å². The fourth-order valence-electron chi connectivity index (χ4n) is 11.7. The summed E-state index contributed by atoms with van der Waals surface area (Å²) in [5.74, 6) is -8.54.